The number of esters is 1. The van der Waals surface area contributed by atoms with Crippen LogP contribution < -0.4 is 9.64 Å². The first-order valence-corrected chi connectivity index (χ1v) is 10.1. The van der Waals surface area contributed by atoms with E-state index in [2.05, 4.69) is 0 Å². The normalized spacial score (nSPS) is 14.7. The second-order valence-electron chi connectivity index (χ2n) is 7.50. The maximum Gasteiger partial charge on any atom is 0.318 e. The molecule has 150 valence electrons. The first-order chi connectivity index (χ1) is 14.7. The Kier molecular flexibility index (Phi) is 4.71. The highest BCUT2D eigenvalue weighted by Crippen LogP contribution is 2.44. The van der Waals surface area contributed by atoms with Gasteiger partial charge in [0.05, 0.1) is 0 Å². The fourth-order valence-electron chi connectivity index (χ4n) is 4.25. The van der Waals surface area contributed by atoms with E-state index in [4.69, 9.17) is 9.47 Å². The van der Waals surface area contributed by atoms with Crippen LogP contribution in [-0.2, 0) is 20.7 Å². The number of hydrogen-bond donors (Lipinski definition) is 0. The minimum absolute atomic E-state index is 0.205. The number of para-hydroxylation sites is 3. The molecule has 2 aliphatic heterocycles. The Morgan fingerprint density at radius 2 is 1.53 bits per heavy atom. The molecule has 0 saturated carbocycles. The third-order valence-corrected chi connectivity index (χ3v) is 5.66. The fraction of sp³-hybridized carbons (Fsp3) is 0.200. The van der Waals surface area contributed by atoms with Gasteiger partial charge in [0.15, 0.2) is 6.61 Å². The van der Waals surface area contributed by atoms with Crippen molar-refractivity contribution in [2.45, 2.75) is 18.8 Å². The van der Waals surface area contributed by atoms with Gasteiger partial charge >= 0.3 is 5.97 Å². The Labute approximate surface area is 174 Å². The predicted octanol–water partition coefficient (Wildman–Crippen LogP) is 4.45. The molecule has 3 aromatic rings. The maximum atomic E-state index is 13.1. The molecule has 0 atom stereocenters. The Morgan fingerprint density at radius 3 is 2.27 bits per heavy atom. The number of carbonyl (C=O) groups is 2. The van der Waals surface area contributed by atoms with Crippen molar-refractivity contribution in [2.24, 2.45) is 0 Å². The van der Waals surface area contributed by atoms with Crippen molar-refractivity contribution in [2.75, 3.05) is 18.1 Å². The number of ether oxygens (including phenoxy) is 2. The first-order valence-electron chi connectivity index (χ1n) is 10.1. The number of hydrogen-bond acceptors (Lipinski definition) is 4. The average Bonchev–Trinajstić information content (AvgIpc) is 2.80. The monoisotopic (exact) mass is 399 g/mol. The summed E-state index contributed by atoms with van der Waals surface area (Å²) in [5.41, 5.74) is 3.55. The van der Waals surface area contributed by atoms with Crippen LogP contribution >= 0.6 is 0 Å². The van der Waals surface area contributed by atoms with Gasteiger partial charge < -0.3 is 14.4 Å². The number of aryl methyl sites for hydroxylation is 1. The number of fused-ring (bicyclic) bond motifs is 3. The van der Waals surface area contributed by atoms with Crippen molar-refractivity contribution in [1.82, 2.24) is 0 Å². The summed E-state index contributed by atoms with van der Waals surface area (Å²) in [6.07, 6.45) is 1.85. The Hall–Kier alpha value is -3.60. The van der Waals surface area contributed by atoms with E-state index in [0.29, 0.717) is 18.0 Å². The van der Waals surface area contributed by atoms with E-state index < -0.39 is 11.9 Å². The van der Waals surface area contributed by atoms with Gasteiger partial charge in [-0.3, -0.25) is 9.59 Å². The van der Waals surface area contributed by atoms with E-state index >= 15 is 0 Å². The molecule has 5 heteroatoms. The topological polar surface area (TPSA) is 55.8 Å². The molecule has 3 aromatic carbocycles. The summed E-state index contributed by atoms with van der Waals surface area (Å²) < 4.78 is 11.5. The van der Waals surface area contributed by atoms with Gasteiger partial charge in [0.2, 0.25) is 0 Å². The van der Waals surface area contributed by atoms with E-state index in [1.807, 2.05) is 72.8 Å². The van der Waals surface area contributed by atoms with Gasteiger partial charge in [-0.2, -0.15) is 0 Å². The number of amides is 1. The maximum absolute atomic E-state index is 13.1. The van der Waals surface area contributed by atoms with Crippen LogP contribution in [0.3, 0.4) is 0 Å². The van der Waals surface area contributed by atoms with Gasteiger partial charge in [0.25, 0.3) is 5.91 Å². The van der Waals surface area contributed by atoms with Crippen molar-refractivity contribution in [3.63, 3.8) is 0 Å². The molecule has 0 saturated heterocycles. The number of rotatable bonds is 3. The number of benzene rings is 3. The van der Waals surface area contributed by atoms with Crippen molar-refractivity contribution in [3.05, 3.63) is 89.5 Å². The second kappa shape index (κ2) is 7.67. The first kappa shape index (κ1) is 18.4. The molecule has 0 radical (unpaired) electrons. The third-order valence-electron chi connectivity index (χ3n) is 5.66. The molecule has 1 amide bonds. The summed E-state index contributed by atoms with van der Waals surface area (Å²) in [5, 5.41) is 0. The summed E-state index contributed by atoms with van der Waals surface area (Å²) in [5.74, 6) is -0.00237. The molecule has 2 heterocycles. The van der Waals surface area contributed by atoms with Crippen LogP contribution in [0, 0.1) is 0 Å². The SMILES string of the molecule is O=C(OCC(=O)N1CCCc2ccccc21)C1c2ccccc2Oc2ccccc21. The number of carbonyl (C=O) groups excluding carboxylic acids is 2. The molecule has 0 unspecified atom stereocenters. The van der Waals surface area contributed by atoms with Gasteiger partial charge in [-0.05, 0) is 36.6 Å². The number of nitrogens with zero attached hydrogens (tertiary/aromatic N) is 1. The van der Waals surface area contributed by atoms with Crippen molar-refractivity contribution >= 4 is 17.6 Å². The molecule has 30 heavy (non-hydrogen) atoms. The van der Waals surface area contributed by atoms with Crippen molar-refractivity contribution < 1.29 is 19.1 Å². The zero-order chi connectivity index (χ0) is 20.5. The van der Waals surface area contributed by atoms with Gasteiger partial charge in [-0.1, -0.05) is 54.6 Å². The molecule has 0 spiro atoms. The summed E-state index contributed by atoms with van der Waals surface area (Å²) in [6, 6.07) is 22.7. The lowest BCUT2D eigenvalue weighted by molar-refractivity contribution is -0.148. The van der Waals surface area contributed by atoms with Gasteiger partial charge in [0.1, 0.15) is 17.4 Å². The van der Waals surface area contributed by atoms with Crippen LogP contribution in [-0.4, -0.2) is 25.0 Å². The molecule has 0 fully saturated rings. The standard InChI is InChI=1S/C25H21NO4/c27-23(26-15-7-9-17-8-1-4-12-20(17)26)16-29-25(28)24-18-10-2-5-13-21(18)30-22-14-6-3-11-19(22)24/h1-6,8,10-14,24H,7,9,15-16H2. The largest absolute Gasteiger partial charge is 0.457 e. The third kappa shape index (κ3) is 3.22. The molecular weight excluding hydrogens is 378 g/mol. The number of anilines is 1. The molecule has 5 nitrogen and oxygen atoms in total. The highest BCUT2D eigenvalue weighted by Gasteiger charge is 2.34. The lowest BCUT2D eigenvalue weighted by atomic mass is 9.88. The second-order valence-corrected chi connectivity index (χ2v) is 7.50. The van der Waals surface area contributed by atoms with Crippen molar-refractivity contribution in [1.29, 1.82) is 0 Å². The fourth-order valence-corrected chi connectivity index (χ4v) is 4.25. The molecule has 5 rings (SSSR count). The van der Waals surface area contributed by atoms with Crippen LogP contribution in [0.15, 0.2) is 72.8 Å². The minimum Gasteiger partial charge on any atom is -0.457 e. The molecule has 0 N–H and O–H groups in total. The Balaban J connectivity index is 1.36. The highest BCUT2D eigenvalue weighted by molar-refractivity contribution is 5.97. The van der Waals surface area contributed by atoms with Gasteiger partial charge in [-0.25, -0.2) is 0 Å². The summed E-state index contributed by atoms with van der Waals surface area (Å²) in [6.45, 7) is 0.352. The van der Waals surface area contributed by atoms with Crippen LogP contribution in [0.1, 0.15) is 29.0 Å². The van der Waals surface area contributed by atoms with E-state index in [0.717, 1.165) is 35.2 Å². The Morgan fingerprint density at radius 1 is 0.900 bits per heavy atom. The van der Waals surface area contributed by atoms with Crippen LogP contribution in [0.4, 0.5) is 5.69 Å². The van der Waals surface area contributed by atoms with Gasteiger partial charge in [-0.15, -0.1) is 0 Å². The minimum atomic E-state index is -0.618. The summed E-state index contributed by atoms with van der Waals surface area (Å²) in [4.78, 5) is 27.7. The van der Waals surface area contributed by atoms with E-state index in [-0.39, 0.29) is 12.5 Å². The van der Waals surface area contributed by atoms with Crippen LogP contribution in [0.2, 0.25) is 0 Å². The summed E-state index contributed by atoms with van der Waals surface area (Å²) >= 11 is 0. The molecule has 0 aromatic heterocycles. The van der Waals surface area contributed by atoms with Crippen molar-refractivity contribution in [3.8, 4) is 11.5 Å². The highest BCUT2D eigenvalue weighted by atomic mass is 16.5. The lowest BCUT2D eigenvalue weighted by Gasteiger charge is -2.30. The zero-order valence-electron chi connectivity index (χ0n) is 16.4. The zero-order valence-corrected chi connectivity index (χ0v) is 16.4. The lowest BCUT2D eigenvalue weighted by Crippen LogP contribution is -2.38. The Bertz CT molecular complexity index is 1080. The smallest absolute Gasteiger partial charge is 0.318 e. The van der Waals surface area contributed by atoms with Crippen LogP contribution in [0.5, 0.6) is 11.5 Å². The molecule has 0 bridgehead atoms. The van der Waals surface area contributed by atoms with Gasteiger partial charge in [0, 0.05) is 23.4 Å². The van der Waals surface area contributed by atoms with E-state index in [1.165, 1.54) is 0 Å². The van der Waals surface area contributed by atoms with Crippen LogP contribution in [0.25, 0.3) is 0 Å². The predicted molar refractivity (Wildman–Crippen MR) is 113 cm³/mol. The van der Waals surface area contributed by atoms with E-state index in [1.54, 1.807) is 4.90 Å². The average molecular weight is 399 g/mol. The van der Waals surface area contributed by atoms with E-state index in [9.17, 15) is 9.59 Å². The molecule has 0 aliphatic carbocycles. The quantitative estimate of drug-likeness (QED) is 0.611. The molecule has 2 aliphatic rings. The summed E-state index contributed by atoms with van der Waals surface area (Å²) in [7, 11) is 0. The molecular formula is C25H21NO4.